The summed E-state index contributed by atoms with van der Waals surface area (Å²) in [5.74, 6) is 0.745. The number of rotatable bonds is 6. The normalized spacial score (nSPS) is 12.0. The highest BCUT2D eigenvalue weighted by atomic mass is 35.5. The Hall–Kier alpha value is -1.82. The number of aliphatic imine (C=N–C) groups is 1. The van der Waals surface area contributed by atoms with Gasteiger partial charge in [0.05, 0.1) is 0 Å². The third kappa shape index (κ3) is 7.83. The molecule has 0 bridgehead atoms. The summed E-state index contributed by atoms with van der Waals surface area (Å²) < 4.78 is 0. The highest BCUT2D eigenvalue weighted by molar-refractivity contribution is 6.29. The highest BCUT2D eigenvalue weighted by Crippen LogP contribution is 2.11. The number of halogens is 1. The number of aromatic nitrogens is 1. The van der Waals surface area contributed by atoms with E-state index in [1.807, 2.05) is 26.8 Å². The molecular formula is C16H26ClN5O. The van der Waals surface area contributed by atoms with Crippen molar-refractivity contribution >= 4 is 23.5 Å². The molecule has 1 aromatic heterocycles. The van der Waals surface area contributed by atoms with E-state index in [0.717, 1.165) is 18.5 Å². The molecule has 0 saturated heterocycles. The first-order chi connectivity index (χ1) is 10.8. The van der Waals surface area contributed by atoms with Crippen molar-refractivity contribution in [3.8, 4) is 0 Å². The lowest BCUT2D eigenvalue weighted by Gasteiger charge is -2.18. The van der Waals surface area contributed by atoms with E-state index in [1.54, 1.807) is 19.3 Å². The van der Waals surface area contributed by atoms with Gasteiger partial charge in [0.15, 0.2) is 5.96 Å². The van der Waals surface area contributed by atoms with Crippen molar-refractivity contribution in [2.45, 2.75) is 27.2 Å². The van der Waals surface area contributed by atoms with Crippen molar-refractivity contribution in [2.24, 2.45) is 10.4 Å². The van der Waals surface area contributed by atoms with Crippen LogP contribution in [0.5, 0.6) is 0 Å². The average Bonchev–Trinajstić information content (AvgIpc) is 2.50. The largest absolute Gasteiger partial charge is 0.356 e. The number of guanidine groups is 1. The van der Waals surface area contributed by atoms with Crippen LogP contribution in [-0.2, 0) is 11.2 Å². The molecule has 0 aliphatic rings. The number of carbonyl (C=O) groups is 1. The molecule has 7 heteroatoms. The number of amides is 1. The first-order valence-corrected chi connectivity index (χ1v) is 8.04. The zero-order chi connectivity index (χ0) is 17.3. The van der Waals surface area contributed by atoms with Crippen LogP contribution in [0.4, 0.5) is 0 Å². The molecule has 3 N–H and O–H groups in total. The van der Waals surface area contributed by atoms with Crippen LogP contribution in [0.3, 0.4) is 0 Å². The monoisotopic (exact) mass is 339 g/mol. The quantitative estimate of drug-likeness (QED) is 0.318. The predicted octanol–water partition coefficient (Wildman–Crippen LogP) is 1.60. The van der Waals surface area contributed by atoms with E-state index in [4.69, 9.17) is 11.6 Å². The lowest BCUT2D eigenvalue weighted by molar-refractivity contribution is -0.128. The third-order valence-electron chi connectivity index (χ3n) is 3.10. The molecule has 6 nitrogen and oxygen atoms in total. The summed E-state index contributed by atoms with van der Waals surface area (Å²) in [5.41, 5.74) is 0.738. The van der Waals surface area contributed by atoms with Crippen molar-refractivity contribution in [3.05, 3.63) is 29.0 Å². The number of carbonyl (C=O) groups excluding carboxylic acids is 1. The Bertz CT molecular complexity index is 522. The standard InChI is InChI=1S/C16H26ClN5O/c1-16(2,3)14(23)19-9-10-21-15(18-4)20-8-7-12-5-6-13(17)22-11-12/h5-6,11H,7-10H2,1-4H3,(H,19,23)(H2,18,20,21). The molecule has 0 unspecified atom stereocenters. The molecule has 1 amide bonds. The van der Waals surface area contributed by atoms with Gasteiger partial charge in [-0.25, -0.2) is 4.98 Å². The van der Waals surface area contributed by atoms with Crippen molar-refractivity contribution in [2.75, 3.05) is 26.7 Å². The Balaban J connectivity index is 2.22. The number of nitrogens with zero attached hydrogens (tertiary/aromatic N) is 2. The van der Waals surface area contributed by atoms with Gasteiger partial charge < -0.3 is 16.0 Å². The maximum atomic E-state index is 11.7. The van der Waals surface area contributed by atoms with Crippen LogP contribution in [0.2, 0.25) is 5.15 Å². The number of hydrogen-bond acceptors (Lipinski definition) is 3. The average molecular weight is 340 g/mol. The fourth-order valence-electron chi connectivity index (χ4n) is 1.72. The second-order valence-corrected chi connectivity index (χ2v) is 6.56. The zero-order valence-electron chi connectivity index (χ0n) is 14.2. The molecule has 0 atom stereocenters. The van der Waals surface area contributed by atoms with Gasteiger partial charge in [-0.3, -0.25) is 9.79 Å². The highest BCUT2D eigenvalue weighted by Gasteiger charge is 2.20. The van der Waals surface area contributed by atoms with Crippen LogP contribution in [0, 0.1) is 5.41 Å². The van der Waals surface area contributed by atoms with Crippen molar-refractivity contribution in [1.29, 1.82) is 0 Å². The van der Waals surface area contributed by atoms with E-state index in [0.29, 0.717) is 24.2 Å². The Morgan fingerprint density at radius 3 is 2.39 bits per heavy atom. The molecule has 1 heterocycles. The minimum Gasteiger partial charge on any atom is -0.356 e. The van der Waals surface area contributed by atoms with E-state index in [-0.39, 0.29) is 11.3 Å². The summed E-state index contributed by atoms with van der Waals surface area (Å²) >= 11 is 5.75. The molecule has 0 radical (unpaired) electrons. The lowest BCUT2D eigenvalue weighted by Crippen LogP contribution is -2.43. The van der Waals surface area contributed by atoms with Crippen molar-refractivity contribution in [3.63, 3.8) is 0 Å². The summed E-state index contributed by atoms with van der Waals surface area (Å²) in [6.07, 6.45) is 2.59. The van der Waals surface area contributed by atoms with Gasteiger partial charge in [0.2, 0.25) is 5.91 Å². The number of pyridine rings is 1. The maximum absolute atomic E-state index is 11.7. The SMILES string of the molecule is CN=C(NCCNC(=O)C(C)(C)C)NCCc1ccc(Cl)nc1. The molecule has 0 aliphatic heterocycles. The predicted molar refractivity (Wildman–Crippen MR) is 94.8 cm³/mol. The molecule has 0 saturated carbocycles. The van der Waals surface area contributed by atoms with Gasteiger partial charge in [-0.15, -0.1) is 0 Å². The fourth-order valence-corrected chi connectivity index (χ4v) is 1.83. The fraction of sp³-hybridized carbons (Fsp3) is 0.562. The molecule has 128 valence electrons. The lowest BCUT2D eigenvalue weighted by atomic mass is 9.96. The summed E-state index contributed by atoms with van der Waals surface area (Å²) in [4.78, 5) is 19.9. The summed E-state index contributed by atoms with van der Waals surface area (Å²) in [7, 11) is 1.72. The minimum absolute atomic E-state index is 0.0393. The Morgan fingerprint density at radius 1 is 1.17 bits per heavy atom. The van der Waals surface area contributed by atoms with Crippen LogP contribution in [0.1, 0.15) is 26.3 Å². The smallest absolute Gasteiger partial charge is 0.225 e. The molecule has 0 aromatic carbocycles. The van der Waals surface area contributed by atoms with Crippen LogP contribution < -0.4 is 16.0 Å². The van der Waals surface area contributed by atoms with Gasteiger partial charge in [0.1, 0.15) is 5.15 Å². The second-order valence-electron chi connectivity index (χ2n) is 6.17. The Labute approximate surface area is 143 Å². The summed E-state index contributed by atoms with van der Waals surface area (Å²) in [6, 6.07) is 3.73. The molecule has 23 heavy (non-hydrogen) atoms. The van der Waals surface area contributed by atoms with Crippen LogP contribution in [-0.4, -0.2) is 43.5 Å². The topological polar surface area (TPSA) is 78.4 Å². The van der Waals surface area contributed by atoms with Gasteiger partial charge >= 0.3 is 0 Å². The summed E-state index contributed by atoms with van der Waals surface area (Å²) in [6.45, 7) is 7.57. The number of nitrogens with one attached hydrogen (secondary N) is 3. The molecule has 1 rings (SSSR count). The van der Waals surface area contributed by atoms with E-state index in [9.17, 15) is 4.79 Å². The molecular weight excluding hydrogens is 314 g/mol. The minimum atomic E-state index is -0.369. The second kappa shape index (κ2) is 9.35. The first-order valence-electron chi connectivity index (χ1n) is 7.66. The van der Waals surface area contributed by atoms with Gasteiger partial charge in [-0.1, -0.05) is 38.4 Å². The van der Waals surface area contributed by atoms with Gasteiger partial charge in [-0.2, -0.15) is 0 Å². The van der Waals surface area contributed by atoms with Gasteiger partial charge in [-0.05, 0) is 18.1 Å². The Kier molecular flexibility index (Phi) is 7.81. The summed E-state index contributed by atoms with van der Waals surface area (Å²) in [5, 5.41) is 9.76. The molecule has 1 aromatic rings. The van der Waals surface area contributed by atoms with E-state index < -0.39 is 0 Å². The van der Waals surface area contributed by atoms with Crippen molar-refractivity contribution < 1.29 is 4.79 Å². The van der Waals surface area contributed by atoms with Crippen molar-refractivity contribution in [1.82, 2.24) is 20.9 Å². The first kappa shape index (κ1) is 19.2. The molecule has 0 aliphatic carbocycles. The maximum Gasteiger partial charge on any atom is 0.225 e. The van der Waals surface area contributed by atoms with E-state index in [1.165, 1.54) is 0 Å². The van der Waals surface area contributed by atoms with Gasteiger partial charge in [0.25, 0.3) is 0 Å². The van der Waals surface area contributed by atoms with E-state index in [2.05, 4.69) is 25.9 Å². The number of hydrogen-bond donors (Lipinski definition) is 3. The molecule has 0 spiro atoms. The van der Waals surface area contributed by atoms with Crippen LogP contribution in [0.15, 0.2) is 23.3 Å². The molecule has 0 fully saturated rings. The third-order valence-corrected chi connectivity index (χ3v) is 3.33. The van der Waals surface area contributed by atoms with Crippen LogP contribution in [0.25, 0.3) is 0 Å². The van der Waals surface area contributed by atoms with Crippen LogP contribution >= 0.6 is 11.6 Å². The van der Waals surface area contributed by atoms with Gasteiger partial charge in [0, 0.05) is 38.3 Å². The Morgan fingerprint density at radius 2 is 1.83 bits per heavy atom. The van der Waals surface area contributed by atoms with E-state index >= 15 is 0 Å². The zero-order valence-corrected chi connectivity index (χ0v) is 15.0.